The van der Waals surface area contributed by atoms with Gasteiger partial charge in [0.15, 0.2) is 0 Å². The maximum Gasteiger partial charge on any atom is 0.222 e. The summed E-state index contributed by atoms with van der Waals surface area (Å²) in [6.07, 6.45) is 4.83. The molecule has 26 heavy (non-hydrogen) atoms. The van der Waals surface area contributed by atoms with E-state index in [4.69, 9.17) is 0 Å². The molecule has 3 nitrogen and oxygen atoms in total. The standard InChI is InChI=1S/C21H25BrN2OS/c22-19-4-2-1-3-16(19)5-6-21(25)23-11-7-18(8-12-23)24-13-9-20-17(15-24)10-14-26-20/h1-4,10,14,18H,5-9,11-13,15H2. The summed E-state index contributed by atoms with van der Waals surface area (Å²) in [5, 5.41) is 2.22. The van der Waals surface area contributed by atoms with Crippen molar-refractivity contribution in [2.24, 2.45) is 0 Å². The Morgan fingerprint density at radius 3 is 2.77 bits per heavy atom. The Balaban J connectivity index is 1.26. The van der Waals surface area contributed by atoms with Gasteiger partial charge >= 0.3 is 0 Å². The van der Waals surface area contributed by atoms with Crippen LogP contribution in [0.5, 0.6) is 0 Å². The molecule has 0 radical (unpaired) electrons. The van der Waals surface area contributed by atoms with Gasteiger partial charge in [-0.1, -0.05) is 34.1 Å². The lowest BCUT2D eigenvalue weighted by atomic mass is 9.99. The first-order valence-corrected chi connectivity index (χ1v) is 11.2. The van der Waals surface area contributed by atoms with Crippen LogP contribution in [0.15, 0.2) is 40.2 Å². The molecule has 4 rings (SSSR count). The first-order chi connectivity index (χ1) is 12.7. The average molecular weight is 433 g/mol. The van der Waals surface area contributed by atoms with E-state index >= 15 is 0 Å². The molecule has 0 unspecified atom stereocenters. The Bertz CT molecular complexity index is 767. The number of hydrogen-bond donors (Lipinski definition) is 0. The highest BCUT2D eigenvalue weighted by Gasteiger charge is 2.29. The molecule has 3 heterocycles. The van der Waals surface area contributed by atoms with Crippen LogP contribution < -0.4 is 0 Å². The molecule has 0 spiro atoms. The third-order valence-corrected chi connectivity index (χ3v) is 7.53. The lowest BCUT2D eigenvalue weighted by molar-refractivity contribution is -0.132. The van der Waals surface area contributed by atoms with E-state index in [1.807, 2.05) is 29.5 Å². The number of carbonyl (C=O) groups excluding carboxylic acids is 1. The summed E-state index contributed by atoms with van der Waals surface area (Å²) < 4.78 is 1.10. The molecule has 2 aliphatic rings. The molecule has 138 valence electrons. The molecule has 0 saturated carbocycles. The quantitative estimate of drug-likeness (QED) is 0.709. The lowest BCUT2D eigenvalue weighted by Gasteiger charge is -2.40. The molecule has 0 bridgehead atoms. The Morgan fingerprint density at radius 2 is 1.96 bits per heavy atom. The summed E-state index contributed by atoms with van der Waals surface area (Å²) in [5.74, 6) is 0.304. The zero-order valence-electron chi connectivity index (χ0n) is 15.0. The van der Waals surface area contributed by atoms with Gasteiger partial charge < -0.3 is 4.90 Å². The molecular weight excluding hydrogens is 408 g/mol. The Kier molecular flexibility index (Phi) is 5.77. The third kappa shape index (κ3) is 4.05. The molecule has 1 aromatic heterocycles. The smallest absolute Gasteiger partial charge is 0.222 e. The van der Waals surface area contributed by atoms with Crippen LogP contribution in [0.2, 0.25) is 0 Å². The van der Waals surface area contributed by atoms with Crippen molar-refractivity contribution in [1.82, 2.24) is 9.80 Å². The molecule has 2 aliphatic heterocycles. The molecule has 0 N–H and O–H groups in total. The largest absolute Gasteiger partial charge is 0.343 e. The van der Waals surface area contributed by atoms with Crippen molar-refractivity contribution in [2.75, 3.05) is 19.6 Å². The summed E-state index contributed by atoms with van der Waals surface area (Å²) in [6, 6.07) is 11.1. The van der Waals surface area contributed by atoms with Crippen molar-refractivity contribution in [2.45, 2.75) is 44.7 Å². The summed E-state index contributed by atoms with van der Waals surface area (Å²) >= 11 is 5.47. The van der Waals surface area contributed by atoms with Crippen molar-refractivity contribution < 1.29 is 4.79 Å². The summed E-state index contributed by atoms with van der Waals surface area (Å²) in [5.41, 5.74) is 2.74. The third-order valence-electron chi connectivity index (χ3n) is 5.74. The van der Waals surface area contributed by atoms with Gasteiger partial charge in [0.25, 0.3) is 0 Å². The number of nitrogens with zero attached hydrogens (tertiary/aromatic N) is 2. The maximum atomic E-state index is 12.6. The number of halogens is 1. The number of likely N-dealkylation sites (tertiary alicyclic amines) is 1. The van der Waals surface area contributed by atoms with Crippen LogP contribution >= 0.6 is 27.3 Å². The monoisotopic (exact) mass is 432 g/mol. The average Bonchev–Trinajstić information content (AvgIpc) is 3.15. The van der Waals surface area contributed by atoms with Crippen LogP contribution in [0, 0.1) is 0 Å². The van der Waals surface area contributed by atoms with E-state index in [1.54, 1.807) is 4.88 Å². The number of thiophene rings is 1. The highest BCUT2D eigenvalue weighted by atomic mass is 79.9. The fraction of sp³-hybridized carbons (Fsp3) is 0.476. The molecule has 5 heteroatoms. The van der Waals surface area contributed by atoms with Gasteiger partial charge in [-0.05, 0) is 54.3 Å². The Hall–Kier alpha value is -1.17. The van der Waals surface area contributed by atoms with Gasteiger partial charge in [-0.2, -0.15) is 0 Å². The zero-order chi connectivity index (χ0) is 17.9. The molecule has 1 fully saturated rings. The first kappa shape index (κ1) is 18.2. The number of piperidine rings is 1. The van der Waals surface area contributed by atoms with E-state index in [2.05, 4.69) is 43.2 Å². The molecule has 0 aliphatic carbocycles. The van der Waals surface area contributed by atoms with Gasteiger partial charge in [-0.15, -0.1) is 11.3 Å². The second-order valence-corrected chi connectivity index (χ2v) is 9.15. The highest BCUT2D eigenvalue weighted by molar-refractivity contribution is 9.10. The first-order valence-electron chi connectivity index (χ1n) is 9.51. The van der Waals surface area contributed by atoms with Gasteiger partial charge in [0.05, 0.1) is 0 Å². The van der Waals surface area contributed by atoms with Crippen LogP contribution in [-0.4, -0.2) is 41.4 Å². The number of fused-ring (bicyclic) bond motifs is 1. The summed E-state index contributed by atoms with van der Waals surface area (Å²) in [4.78, 5) is 18.9. The highest BCUT2D eigenvalue weighted by Crippen LogP contribution is 2.28. The predicted octanol–water partition coefficient (Wildman–Crippen LogP) is 4.49. The molecule has 1 aromatic carbocycles. The molecule has 0 atom stereocenters. The fourth-order valence-corrected chi connectivity index (χ4v) is 5.54. The number of hydrogen-bond acceptors (Lipinski definition) is 3. The number of amides is 1. The molecule has 2 aromatic rings. The van der Waals surface area contributed by atoms with E-state index in [-0.39, 0.29) is 0 Å². The van der Waals surface area contributed by atoms with Crippen molar-refractivity contribution >= 4 is 33.2 Å². The molecule has 1 amide bonds. The van der Waals surface area contributed by atoms with Crippen molar-refractivity contribution in [3.05, 3.63) is 56.2 Å². The van der Waals surface area contributed by atoms with E-state index < -0.39 is 0 Å². The minimum atomic E-state index is 0.304. The molecule has 1 saturated heterocycles. The number of rotatable bonds is 4. The maximum absolute atomic E-state index is 12.6. The predicted molar refractivity (Wildman–Crippen MR) is 110 cm³/mol. The van der Waals surface area contributed by atoms with Gasteiger partial charge in [0, 0.05) is 48.0 Å². The topological polar surface area (TPSA) is 23.6 Å². The minimum absolute atomic E-state index is 0.304. The van der Waals surface area contributed by atoms with Crippen LogP contribution in [-0.2, 0) is 24.2 Å². The molecular formula is C21H25BrN2OS. The Morgan fingerprint density at radius 1 is 1.15 bits per heavy atom. The van der Waals surface area contributed by atoms with Gasteiger partial charge in [-0.3, -0.25) is 9.69 Å². The SMILES string of the molecule is O=C(CCc1ccccc1Br)N1CCC(N2CCc3sccc3C2)CC1. The Labute approximate surface area is 168 Å². The van der Waals surface area contributed by atoms with E-state index in [1.165, 1.54) is 24.1 Å². The second-order valence-electron chi connectivity index (χ2n) is 7.29. The van der Waals surface area contributed by atoms with Crippen LogP contribution in [0.1, 0.15) is 35.3 Å². The second kappa shape index (κ2) is 8.24. The van der Waals surface area contributed by atoms with Crippen LogP contribution in [0.4, 0.5) is 0 Å². The van der Waals surface area contributed by atoms with Gasteiger partial charge in [0.1, 0.15) is 0 Å². The minimum Gasteiger partial charge on any atom is -0.343 e. The lowest BCUT2D eigenvalue weighted by Crippen LogP contribution is -2.47. The van der Waals surface area contributed by atoms with Crippen molar-refractivity contribution in [1.29, 1.82) is 0 Å². The van der Waals surface area contributed by atoms with Gasteiger partial charge in [-0.25, -0.2) is 0 Å². The summed E-state index contributed by atoms with van der Waals surface area (Å²) in [6.45, 7) is 4.09. The van der Waals surface area contributed by atoms with E-state index in [9.17, 15) is 4.79 Å². The zero-order valence-corrected chi connectivity index (χ0v) is 17.4. The van der Waals surface area contributed by atoms with Gasteiger partial charge in [0.2, 0.25) is 5.91 Å². The van der Waals surface area contributed by atoms with E-state index in [0.717, 1.165) is 43.4 Å². The fourth-order valence-electron chi connectivity index (χ4n) is 4.16. The summed E-state index contributed by atoms with van der Waals surface area (Å²) in [7, 11) is 0. The van der Waals surface area contributed by atoms with E-state index in [0.29, 0.717) is 18.4 Å². The number of aryl methyl sites for hydroxylation is 1. The van der Waals surface area contributed by atoms with Crippen LogP contribution in [0.3, 0.4) is 0 Å². The number of benzene rings is 1. The van der Waals surface area contributed by atoms with Crippen LogP contribution in [0.25, 0.3) is 0 Å². The van der Waals surface area contributed by atoms with Crippen molar-refractivity contribution in [3.63, 3.8) is 0 Å². The van der Waals surface area contributed by atoms with Crippen molar-refractivity contribution in [3.8, 4) is 0 Å². The normalized spacial score (nSPS) is 18.7. The number of carbonyl (C=O) groups is 1.